The highest BCUT2D eigenvalue weighted by molar-refractivity contribution is 5.96. The number of likely N-dealkylation sites (tertiary alicyclic amines) is 1. The molecule has 0 saturated carbocycles. The van der Waals surface area contributed by atoms with Crippen LogP contribution in [-0.2, 0) is 14.3 Å². The van der Waals surface area contributed by atoms with Crippen LogP contribution < -0.4 is 0 Å². The lowest BCUT2D eigenvalue weighted by atomic mass is 9.99. The van der Waals surface area contributed by atoms with Crippen LogP contribution in [0.25, 0.3) is 0 Å². The fourth-order valence-electron chi connectivity index (χ4n) is 4.87. The molecule has 1 aliphatic heterocycles. The van der Waals surface area contributed by atoms with Gasteiger partial charge in [0.05, 0.1) is 6.10 Å². The van der Waals surface area contributed by atoms with Crippen molar-refractivity contribution < 1.29 is 29.3 Å². The molecular formula is C35H41NO6. The van der Waals surface area contributed by atoms with Crippen molar-refractivity contribution in [2.75, 3.05) is 19.6 Å². The summed E-state index contributed by atoms with van der Waals surface area (Å²) in [7, 11) is 0. The number of aliphatic carboxylic acids is 2. The third kappa shape index (κ3) is 11.1. The second-order valence-corrected chi connectivity index (χ2v) is 10.7. The maximum atomic E-state index is 12.6. The Balaban J connectivity index is 0.000000531. The van der Waals surface area contributed by atoms with Gasteiger partial charge in [-0.1, -0.05) is 98.8 Å². The number of Topliss-reactive ketones (excluding diaryl/α,β-unsaturated/α-hetero) is 1. The van der Waals surface area contributed by atoms with Crippen molar-refractivity contribution in [3.63, 3.8) is 0 Å². The highest BCUT2D eigenvalue weighted by atomic mass is 16.5. The number of nitrogens with zero attached hydrogens (tertiary/aromatic N) is 1. The highest BCUT2D eigenvalue weighted by Crippen LogP contribution is 2.30. The van der Waals surface area contributed by atoms with Gasteiger partial charge in [0.2, 0.25) is 0 Å². The summed E-state index contributed by atoms with van der Waals surface area (Å²) in [5, 5.41) is 15.6. The minimum atomic E-state index is -1.26. The van der Waals surface area contributed by atoms with Gasteiger partial charge in [0.1, 0.15) is 6.10 Å². The summed E-state index contributed by atoms with van der Waals surface area (Å²) < 4.78 is 6.66. The molecule has 0 spiro atoms. The zero-order valence-corrected chi connectivity index (χ0v) is 24.4. The van der Waals surface area contributed by atoms with Crippen molar-refractivity contribution >= 4 is 17.7 Å². The van der Waals surface area contributed by atoms with E-state index >= 15 is 0 Å². The fraction of sp³-hybridized carbons (Fsp3) is 0.343. The van der Waals surface area contributed by atoms with E-state index in [0.29, 0.717) is 24.5 Å². The van der Waals surface area contributed by atoms with Gasteiger partial charge in [-0.15, -0.1) is 0 Å². The molecule has 3 aromatic rings. The normalized spacial score (nSPS) is 14.1. The maximum absolute atomic E-state index is 12.6. The molecule has 7 heteroatoms. The number of rotatable bonds is 12. The Kier molecular flexibility index (Phi) is 13.1. The number of ketones is 1. The van der Waals surface area contributed by atoms with Gasteiger partial charge in [0, 0.05) is 37.2 Å². The van der Waals surface area contributed by atoms with Crippen LogP contribution >= 0.6 is 0 Å². The summed E-state index contributed by atoms with van der Waals surface area (Å²) >= 11 is 0. The van der Waals surface area contributed by atoms with Crippen LogP contribution in [-0.4, -0.2) is 58.6 Å². The van der Waals surface area contributed by atoms with E-state index in [-0.39, 0.29) is 18.0 Å². The Morgan fingerprint density at radius 3 is 1.74 bits per heavy atom. The van der Waals surface area contributed by atoms with Gasteiger partial charge in [-0.2, -0.15) is 0 Å². The first-order chi connectivity index (χ1) is 20.2. The predicted molar refractivity (Wildman–Crippen MR) is 164 cm³/mol. The van der Waals surface area contributed by atoms with Crippen molar-refractivity contribution in [3.05, 3.63) is 119 Å². The topological polar surface area (TPSA) is 104 Å². The van der Waals surface area contributed by atoms with Crippen molar-refractivity contribution in [1.29, 1.82) is 0 Å². The number of carboxylic acids is 2. The molecule has 0 bridgehead atoms. The summed E-state index contributed by atoms with van der Waals surface area (Å²) in [5.41, 5.74) is 4.53. The lowest BCUT2D eigenvalue weighted by molar-refractivity contribution is -0.134. The largest absolute Gasteiger partial charge is 0.478 e. The molecule has 1 heterocycles. The minimum Gasteiger partial charge on any atom is -0.478 e. The zero-order valence-electron chi connectivity index (χ0n) is 24.4. The van der Waals surface area contributed by atoms with Crippen LogP contribution in [0, 0.1) is 0 Å². The van der Waals surface area contributed by atoms with Gasteiger partial charge in [0.15, 0.2) is 5.78 Å². The monoisotopic (exact) mass is 571 g/mol. The van der Waals surface area contributed by atoms with Gasteiger partial charge in [0.25, 0.3) is 0 Å². The number of carbonyl (C=O) groups is 3. The number of piperidine rings is 1. The molecule has 2 N–H and O–H groups in total. The Morgan fingerprint density at radius 1 is 0.786 bits per heavy atom. The molecule has 1 fully saturated rings. The Bertz CT molecular complexity index is 1220. The first kappa shape index (κ1) is 32.4. The van der Waals surface area contributed by atoms with E-state index in [1.165, 1.54) is 16.7 Å². The maximum Gasteiger partial charge on any atom is 0.328 e. The van der Waals surface area contributed by atoms with Crippen LogP contribution in [0.4, 0.5) is 0 Å². The van der Waals surface area contributed by atoms with Crippen LogP contribution in [0.2, 0.25) is 0 Å². The molecule has 42 heavy (non-hydrogen) atoms. The molecule has 3 aromatic carbocycles. The van der Waals surface area contributed by atoms with E-state index in [1.54, 1.807) is 0 Å². The Labute approximate surface area is 248 Å². The Morgan fingerprint density at radius 2 is 1.29 bits per heavy atom. The van der Waals surface area contributed by atoms with Crippen LogP contribution in [0.1, 0.15) is 78.6 Å². The van der Waals surface area contributed by atoms with E-state index < -0.39 is 11.9 Å². The lowest BCUT2D eigenvalue weighted by Gasteiger charge is -2.34. The quantitative estimate of drug-likeness (QED) is 0.183. The molecule has 0 aliphatic carbocycles. The van der Waals surface area contributed by atoms with Crippen molar-refractivity contribution in [1.82, 2.24) is 4.90 Å². The predicted octanol–water partition coefficient (Wildman–Crippen LogP) is 6.76. The number of carbonyl (C=O) groups excluding carboxylic acids is 1. The van der Waals surface area contributed by atoms with Crippen LogP contribution in [0.3, 0.4) is 0 Å². The molecule has 0 radical (unpaired) electrons. The molecule has 1 saturated heterocycles. The van der Waals surface area contributed by atoms with E-state index in [1.807, 2.05) is 12.1 Å². The summed E-state index contributed by atoms with van der Waals surface area (Å²) in [6.07, 6.45) is 4.92. The van der Waals surface area contributed by atoms with Gasteiger partial charge >= 0.3 is 11.9 Å². The minimum absolute atomic E-state index is 0.0290. The Hall–Kier alpha value is -4.07. The SMILES string of the molecule is CC(C)c1ccc(C(=O)CCCN2CCC(OC(c3ccccc3)c3ccccc3)CC2)cc1.O=C(O)C=CC(=O)O. The highest BCUT2D eigenvalue weighted by Gasteiger charge is 2.24. The zero-order chi connectivity index (χ0) is 30.3. The molecule has 0 amide bonds. The molecular weight excluding hydrogens is 530 g/mol. The second-order valence-electron chi connectivity index (χ2n) is 10.7. The van der Waals surface area contributed by atoms with Crippen LogP contribution in [0.5, 0.6) is 0 Å². The van der Waals surface area contributed by atoms with E-state index in [9.17, 15) is 14.4 Å². The van der Waals surface area contributed by atoms with Crippen LogP contribution in [0.15, 0.2) is 97.1 Å². The number of carboxylic acid groups (broad SMARTS) is 2. The van der Waals surface area contributed by atoms with Crippen molar-refractivity contribution in [2.24, 2.45) is 0 Å². The van der Waals surface area contributed by atoms with Gasteiger partial charge < -0.3 is 19.8 Å². The smallest absolute Gasteiger partial charge is 0.328 e. The molecule has 4 rings (SSSR count). The summed E-state index contributed by atoms with van der Waals surface area (Å²) in [6.45, 7) is 7.38. The fourth-order valence-corrected chi connectivity index (χ4v) is 4.87. The number of benzene rings is 3. The second kappa shape index (κ2) is 17.0. The molecule has 0 atom stereocenters. The first-order valence-corrected chi connectivity index (χ1v) is 14.5. The number of hydrogen-bond donors (Lipinski definition) is 2. The van der Waals surface area contributed by atoms with E-state index in [0.717, 1.165) is 44.5 Å². The van der Waals surface area contributed by atoms with Gasteiger partial charge in [-0.05, 0) is 48.4 Å². The number of hydrogen-bond acceptors (Lipinski definition) is 5. The standard InChI is InChI=1S/C31H37NO2.C4H4O4/c1-24(2)25-15-17-26(18-16-25)30(33)14-9-21-32-22-19-29(20-23-32)34-31(27-10-5-3-6-11-27)28-12-7-4-8-13-28;5-3(6)1-2-4(7)8/h3-8,10-13,15-18,24,29,31H,9,14,19-23H2,1-2H3;1-2H,(H,5,6)(H,7,8). The molecule has 222 valence electrons. The molecule has 0 aromatic heterocycles. The van der Waals surface area contributed by atoms with E-state index in [2.05, 4.69) is 91.5 Å². The summed E-state index contributed by atoms with van der Waals surface area (Å²) in [5.74, 6) is -1.77. The summed E-state index contributed by atoms with van der Waals surface area (Å²) in [6, 6.07) is 29.2. The summed E-state index contributed by atoms with van der Waals surface area (Å²) in [4.78, 5) is 34.2. The van der Waals surface area contributed by atoms with Gasteiger partial charge in [-0.25, -0.2) is 9.59 Å². The molecule has 1 aliphatic rings. The average molecular weight is 572 g/mol. The van der Waals surface area contributed by atoms with E-state index in [4.69, 9.17) is 14.9 Å². The third-order valence-electron chi connectivity index (χ3n) is 7.21. The molecule has 7 nitrogen and oxygen atoms in total. The number of ether oxygens (including phenoxy) is 1. The average Bonchev–Trinajstić information content (AvgIpc) is 3.00. The lowest BCUT2D eigenvalue weighted by Crippen LogP contribution is -2.38. The molecule has 0 unspecified atom stereocenters. The van der Waals surface area contributed by atoms with Crippen molar-refractivity contribution in [2.45, 2.75) is 57.7 Å². The third-order valence-corrected chi connectivity index (χ3v) is 7.21. The van der Waals surface area contributed by atoms with Gasteiger partial charge in [-0.3, -0.25) is 4.79 Å². The first-order valence-electron chi connectivity index (χ1n) is 14.5. The van der Waals surface area contributed by atoms with Crippen molar-refractivity contribution in [3.8, 4) is 0 Å².